The van der Waals surface area contributed by atoms with Gasteiger partial charge in [0, 0.05) is 32.1 Å². The molecule has 2 aromatic rings. The van der Waals surface area contributed by atoms with Crippen LogP contribution in [-0.4, -0.2) is 61.7 Å². The number of benzene rings is 2. The summed E-state index contributed by atoms with van der Waals surface area (Å²) in [5.74, 6) is 0.405. The molecule has 1 fully saturated rings. The van der Waals surface area contributed by atoms with Crippen molar-refractivity contribution in [1.82, 2.24) is 9.80 Å². The molecule has 1 N–H and O–H groups in total. The molecule has 1 saturated heterocycles. The number of hydrogen-bond donors (Lipinski definition) is 1. The van der Waals surface area contributed by atoms with Gasteiger partial charge in [-0.3, -0.25) is 0 Å². The fourth-order valence-corrected chi connectivity index (χ4v) is 4.89. The van der Waals surface area contributed by atoms with Crippen LogP contribution in [0.1, 0.15) is 35.4 Å². The Bertz CT molecular complexity index is 1040. The molecule has 1 aliphatic rings. The third kappa shape index (κ3) is 7.46. The second kappa shape index (κ2) is 12.1. The lowest BCUT2D eigenvalue weighted by Gasteiger charge is -2.32. The van der Waals surface area contributed by atoms with Crippen LogP contribution in [0.15, 0.2) is 30.3 Å². The number of thiocarbonyl (C=S) groups is 1. The van der Waals surface area contributed by atoms with Gasteiger partial charge in [0.1, 0.15) is 5.75 Å². The third-order valence-electron chi connectivity index (χ3n) is 6.34. The number of nitrogens with one attached hydrogen (secondary N) is 1. The number of nitrogens with zero attached hydrogens (tertiary/aromatic N) is 2. The van der Waals surface area contributed by atoms with E-state index >= 15 is 0 Å². The molecule has 0 radical (unpaired) electrons. The van der Waals surface area contributed by atoms with Crippen LogP contribution in [0.25, 0.3) is 0 Å². The van der Waals surface area contributed by atoms with Crippen molar-refractivity contribution in [3.63, 3.8) is 0 Å². The molecule has 192 valence electrons. The van der Waals surface area contributed by atoms with E-state index in [4.69, 9.17) is 40.2 Å². The molecule has 0 spiro atoms. The molecule has 10 heteroatoms. The lowest BCUT2D eigenvalue weighted by molar-refractivity contribution is -0.136. The summed E-state index contributed by atoms with van der Waals surface area (Å²) in [7, 11) is 3.71. The smallest absolute Gasteiger partial charge is 0.418 e. The maximum absolute atomic E-state index is 13.7. The number of aryl methyl sites for hydroxylation is 1. The highest BCUT2D eigenvalue weighted by Gasteiger charge is 2.35. The highest BCUT2D eigenvalue weighted by molar-refractivity contribution is 7.80. The second-order valence-electron chi connectivity index (χ2n) is 8.87. The van der Waals surface area contributed by atoms with Crippen LogP contribution < -0.4 is 10.1 Å². The van der Waals surface area contributed by atoms with Gasteiger partial charge in [-0.05, 0) is 62.7 Å². The molecule has 0 bridgehead atoms. The fraction of sp³-hybridized carbons (Fsp3) is 0.480. The molecular weight excluding hydrogens is 518 g/mol. The maximum Gasteiger partial charge on any atom is 0.418 e. The van der Waals surface area contributed by atoms with Crippen molar-refractivity contribution >= 4 is 46.1 Å². The number of ether oxygens (including phenoxy) is 1. The fourth-order valence-electron chi connectivity index (χ4n) is 4.20. The van der Waals surface area contributed by atoms with E-state index in [2.05, 4.69) is 22.2 Å². The van der Waals surface area contributed by atoms with E-state index in [-0.39, 0.29) is 26.6 Å². The van der Waals surface area contributed by atoms with E-state index in [0.29, 0.717) is 12.2 Å². The van der Waals surface area contributed by atoms with E-state index < -0.39 is 11.7 Å². The molecule has 1 unspecified atom stereocenters. The minimum atomic E-state index is -4.61. The van der Waals surface area contributed by atoms with Crippen molar-refractivity contribution in [3.8, 4) is 5.75 Å². The van der Waals surface area contributed by atoms with Gasteiger partial charge in [0.15, 0.2) is 0 Å². The number of rotatable bonds is 8. The Kier molecular flexibility index (Phi) is 9.68. The number of anilines is 1. The predicted octanol–water partition coefficient (Wildman–Crippen LogP) is 6.88. The monoisotopic (exact) mass is 547 g/mol. The molecule has 0 saturated carbocycles. The van der Waals surface area contributed by atoms with E-state index in [0.717, 1.165) is 56.3 Å². The van der Waals surface area contributed by atoms with Gasteiger partial charge in [-0.25, -0.2) is 0 Å². The summed E-state index contributed by atoms with van der Waals surface area (Å²) in [6.45, 7) is 6.89. The molecule has 0 amide bonds. The van der Waals surface area contributed by atoms with Crippen molar-refractivity contribution in [2.45, 2.75) is 31.9 Å². The van der Waals surface area contributed by atoms with E-state index in [1.807, 2.05) is 25.1 Å². The Morgan fingerprint density at radius 1 is 1.11 bits per heavy atom. The summed E-state index contributed by atoms with van der Waals surface area (Å²) in [6, 6.07) is 7.79. The van der Waals surface area contributed by atoms with Gasteiger partial charge in [0.25, 0.3) is 0 Å². The predicted molar refractivity (Wildman–Crippen MR) is 141 cm³/mol. The number of halogens is 5. The van der Waals surface area contributed by atoms with Crippen LogP contribution >= 0.6 is 35.4 Å². The highest BCUT2D eigenvalue weighted by Crippen LogP contribution is 2.40. The number of piperazine rings is 1. The number of hydrogen-bond acceptors (Lipinski definition) is 4. The first-order valence-electron chi connectivity index (χ1n) is 11.4. The third-order valence-corrected chi connectivity index (χ3v) is 7.45. The molecule has 4 nitrogen and oxygen atoms in total. The summed E-state index contributed by atoms with van der Waals surface area (Å²) in [4.78, 5) is 4.99. The zero-order chi connectivity index (χ0) is 25.8. The first kappa shape index (κ1) is 28.0. The van der Waals surface area contributed by atoms with Crippen LogP contribution in [0.3, 0.4) is 0 Å². The van der Waals surface area contributed by atoms with Crippen molar-refractivity contribution in [2.24, 2.45) is 0 Å². The number of likely N-dealkylation sites (N-methyl/N-ethyl adjacent to an activating group) is 1. The van der Waals surface area contributed by atoms with Gasteiger partial charge >= 0.3 is 6.18 Å². The Balaban J connectivity index is 1.84. The average molecular weight is 549 g/mol. The lowest BCUT2D eigenvalue weighted by atomic mass is 9.92. The van der Waals surface area contributed by atoms with Crippen molar-refractivity contribution in [2.75, 3.05) is 52.2 Å². The minimum Gasteiger partial charge on any atom is -0.496 e. The largest absolute Gasteiger partial charge is 0.496 e. The zero-order valence-electron chi connectivity index (χ0n) is 20.0. The molecule has 0 aliphatic carbocycles. The summed E-state index contributed by atoms with van der Waals surface area (Å²) in [5.41, 5.74) is 0.735. The standard InChI is InChI=1S/C25H30Cl2F3N3OS/c1-16-6-7-17(13-23(16)34-3)18(5-4-8-33-11-9-32(2)10-12-33)24(35)31-22-15-21(27)20(26)14-19(22)25(28,29)30/h6-7,13-15,18H,4-5,8-12H2,1-3H3,(H,31,35). The Hall–Kier alpha value is -1.58. The first-order chi connectivity index (χ1) is 16.5. The van der Waals surface area contributed by atoms with Crippen molar-refractivity contribution < 1.29 is 17.9 Å². The van der Waals surface area contributed by atoms with Crippen LogP contribution in [-0.2, 0) is 6.18 Å². The first-order valence-corrected chi connectivity index (χ1v) is 12.6. The van der Waals surface area contributed by atoms with Crippen LogP contribution in [0.5, 0.6) is 5.75 Å². The number of methoxy groups -OCH3 is 1. The SMILES string of the molecule is COc1cc(C(CCCN2CCN(C)CC2)C(=S)Nc2cc(Cl)c(Cl)cc2C(F)(F)F)ccc1C. The molecule has 1 aliphatic heterocycles. The normalized spacial score (nSPS) is 16.2. The van der Waals surface area contributed by atoms with Gasteiger partial charge in [0.05, 0.1) is 33.4 Å². The molecule has 3 rings (SSSR count). The highest BCUT2D eigenvalue weighted by atomic mass is 35.5. The average Bonchev–Trinajstić information content (AvgIpc) is 2.80. The van der Waals surface area contributed by atoms with Gasteiger partial charge in [0.2, 0.25) is 0 Å². The van der Waals surface area contributed by atoms with Crippen molar-refractivity contribution in [1.29, 1.82) is 0 Å². The molecule has 2 aromatic carbocycles. The topological polar surface area (TPSA) is 27.7 Å². The molecule has 0 aromatic heterocycles. The van der Waals surface area contributed by atoms with E-state index in [9.17, 15) is 13.2 Å². The zero-order valence-corrected chi connectivity index (χ0v) is 22.3. The van der Waals surface area contributed by atoms with Gasteiger partial charge in [-0.2, -0.15) is 13.2 Å². The quantitative estimate of drug-likeness (QED) is 0.363. The van der Waals surface area contributed by atoms with E-state index in [1.165, 1.54) is 6.07 Å². The van der Waals surface area contributed by atoms with E-state index in [1.54, 1.807) is 7.11 Å². The maximum atomic E-state index is 13.7. The van der Waals surface area contributed by atoms with Crippen molar-refractivity contribution in [3.05, 3.63) is 57.1 Å². The Morgan fingerprint density at radius 3 is 2.40 bits per heavy atom. The summed E-state index contributed by atoms with van der Waals surface area (Å²) < 4.78 is 46.6. The molecular formula is C25H30Cl2F3N3OS. The van der Waals surface area contributed by atoms with Crippen LogP contribution in [0.2, 0.25) is 10.0 Å². The van der Waals surface area contributed by atoms with Gasteiger partial charge in [-0.15, -0.1) is 0 Å². The molecule has 1 heterocycles. The summed E-state index contributed by atoms with van der Waals surface area (Å²) >= 11 is 17.6. The van der Waals surface area contributed by atoms with Crippen LogP contribution in [0, 0.1) is 6.92 Å². The Labute approximate surface area is 220 Å². The summed E-state index contributed by atoms with van der Waals surface area (Å²) in [6.07, 6.45) is -3.09. The van der Waals surface area contributed by atoms with Crippen LogP contribution in [0.4, 0.5) is 18.9 Å². The molecule has 1 atom stereocenters. The van der Waals surface area contributed by atoms with Gasteiger partial charge in [-0.1, -0.05) is 47.6 Å². The molecule has 35 heavy (non-hydrogen) atoms. The second-order valence-corrected chi connectivity index (χ2v) is 10.1. The lowest BCUT2D eigenvalue weighted by Crippen LogP contribution is -2.44. The number of alkyl halides is 3. The minimum absolute atomic E-state index is 0.0218. The van der Waals surface area contributed by atoms with Gasteiger partial charge < -0.3 is 19.9 Å². The Morgan fingerprint density at radius 2 is 1.77 bits per heavy atom. The summed E-state index contributed by atoms with van der Waals surface area (Å²) in [5, 5.41) is 2.69.